The van der Waals surface area contributed by atoms with Crippen LogP contribution in [0, 0.1) is 0 Å². The van der Waals surface area contributed by atoms with Gasteiger partial charge in [0.1, 0.15) is 5.75 Å². The summed E-state index contributed by atoms with van der Waals surface area (Å²) in [6, 6.07) is 14.1. The van der Waals surface area contributed by atoms with E-state index < -0.39 is 0 Å². The van der Waals surface area contributed by atoms with E-state index in [0.29, 0.717) is 17.0 Å². The van der Waals surface area contributed by atoms with E-state index in [9.17, 15) is 4.79 Å². The van der Waals surface area contributed by atoms with Gasteiger partial charge in [-0.1, -0.05) is 63.3 Å². The number of aromatic nitrogens is 1. The number of carbonyl (C=O) groups is 1. The van der Waals surface area contributed by atoms with Gasteiger partial charge in [0.15, 0.2) is 11.7 Å². The fourth-order valence-electron chi connectivity index (χ4n) is 2.92. The van der Waals surface area contributed by atoms with Crippen LogP contribution in [0.1, 0.15) is 57.1 Å². The van der Waals surface area contributed by atoms with Gasteiger partial charge in [-0.25, -0.2) is 4.98 Å². The summed E-state index contributed by atoms with van der Waals surface area (Å²) in [7, 11) is 0. The van der Waals surface area contributed by atoms with Gasteiger partial charge >= 0.3 is 0 Å². The minimum Gasteiger partial charge on any atom is -0.483 e. The third kappa shape index (κ3) is 4.66. The zero-order chi connectivity index (χ0) is 19.4. The number of nitrogens with zero attached hydrogens (tertiary/aromatic N) is 1. The average molecular weight is 383 g/mol. The van der Waals surface area contributed by atoms with E-state index >= 15 is 0 Å². The van der Waals surface area contributed by atoms with Gasteiger partial charge < -0.3 is 4.74 Å². The Bertz CT molecular complexity index is 933. The van der Waals surface area contributed by atoms with Gasteiger partial charge in [-0.3, -0.25) is 10.1 Å². The van der Waals surface area contributed by atoms with Crippen molar-refractivity contribution in [2.24, 2.45) is 0 Å². The van der Waals surface area contributed by atoms with E-state index in [1.807, 2.05) is 30.3 Å². The second-order valence-corrected chi connectivity index (χ2v) is 8.12. The number of fused-ring (bicyclic) bond motifs is 1. The van der Waals surface area contributed by atoms with Gasteiger partial charge in [-0.2, -0.15) is 0 Å². The van der Waals surface area contributed by atoms with Gasteiger partial charge in [0, 0.05) is 0 Å². The number of hydrogen-bond donors (Lipinski definition) is 1. The number of amides is 1. The lowest BCUT2D eigenvalue weighted by atomic mass is 9.99. The van der Waals surface area contributed by atoms with Crippen LogP contribution >= 0.6 is 11.3 Å². The molecule has 27 heavy (non-hydrogen) atoms. The van der Waals surface area contributed by atoms with Crippen LogP contribution in [-0.4, -0.2) is 17.5 Å². The highest BCUT2D eigenvalue weighted by Crippen LogP contribution is 2.30. The smallest absolute Gasteiger partial charge is 0.264 e. The predicted octanol–water partition coefficient (Wildman–Crippen LogP) is 5.95. The van der Waals surface area contributed by atoms with E-state index in [-0.39, 0.29) is 12.5 Å². The molecule has 1 unspecified atom stereocenters. The van der Waals surface area contributed by atoms with Crippen LogP contribution in [0.15, 0.2) is 42.5 Å². The molecule has 0 saturated heterocycles. The highest BCUT2D eigenvalue weighted by molar-refractivity contribution is 7.22. The summed E-state index contributed by atoms with van der Waals surface area (Å²) in [6.45, 7) is 8.59. The fraction of sp³-hybridized carbons (Fsp3) is 0.364. The molecule has 3 aromatic rings. The van der Waals surface area contributed by atoms with Crippen LogP contribution in [0.25, 0.3) is 10.2 Å². The first-order valence-electron chi connectivity index (χ1n) is 9.40. The maximum atomic E-state index is 12.3. The molecular formula is C22H26N2O2S. The first-order chi connectivity index (χ1) is 13.0. The maximum absolute atomic E-state index is 12.3. The third-order valence-electron chi connectivity index (χ3n) is 4.74. The molecule has 5 heteroatoms. The molecule has 2 aromatic carbocycles. The molecule has 4 nitrogen and oxygen atoms in total. The summed E-state index contributed by atoms with van der Waals surface area (Å²) in [4.78, 5) is 16.8. The van der Waals surface area contributed by atoms with Crippen molar-refractivity contribution in [1.82, 2.24) is 4.98 Å². The normalized spacial score (nSPS) is 12.3. The Morgan fingerprint density at radius 2 is 1.96 bits per heavy atom. The molecular weight excluding hydrogens is 356 g/mol. The Kier molecular flexibility index (Phi) is 6.11. The van der Waals surface area contributed by atoms with E-state index in [1.165, 1.54) is 16.9 Å². The second kappa shape index (κ2) is 8.53. The zero-order valence-electron chi connectivity index (χ0n) is 16.3. The van der Waals surface area contributed by atoms with Crippen LogP contribution in [-0.2, 0) is 4.79 Å². The van der Waals surface area contributed by atoms with Crippen LogP contribution in [0.5, 0.6) is 5.75 Å². The van der Waals surface area contributed by atoms with Crippen molar-refractivity contribution in [3.8, 4) is 5.75 Å². The summed E-state index contributed by atoms with van der Waals surface area (Å²) in [6.07, 6.45) is 1.10. The lowest BCUT2D eigenvalue weighted by molar-refractivity contribution is -0.118. The zero-order valence-corrected chi connectivity index (χ0v) is 17.1. The summed E-state index contributed by atoms with van der Waals surface area (Å²) >= 11 is 1.50. The average Bonchev–Trinajstić information content (AvgIpc) is 3.07. The van der Waals surface area contributed by atoms with Crippen molar-refractivity contribution in [3.63, 3.8) is 0 Å². The SMILES string of the molecule is CCC(C)c1ccc2nc(NC(=O)COc3ccccc3C(C)C)sc2c1. The largest absolute Gasteiger partial charge is 0.483 e. The van der Waals surface area contributed by atoms with E-state index in [4.69, 9.17) is 4.74 Å². The molecule has 0 fully saturated rings. The molecule has 142 valence electrons. The van der Waals surface area contributed by atoms with Crippen molar-refractivity contribution >= 4 is 32.6 Å². The highest BCUT2D eigenvalue weighted by atomic mass is 32.1. The van der Waals surface area contributed by atoms with E-state index in [1.54, 1.807) is 0 Å². The van der Waals surface area contributed by atoms with Crippen molar-refractivity contribution < 1.29 is 9.53 Å². The Morgan fingerprint density at radius 3 is 2.70 bits per heavy atom. The molecule has 1 amide bonds. The number of nitrogens with one attached hydrogen (secondary N) is 1. The molecule has 3 rings (SSSR count). The number of para-hydroxylation sites is 1. The van der Waals surface area contributed by atoms with Crippen molar-refractivity contribution in [2.75, 3.05) is 11.9 Å². The standard InChI is InChI=1S/C22H26N2O2S/c1-5-15(4)16-10-11-18-20(12-16)27-22(23-18)24-21(25)13-26-19-9-7-6-8-17(19)14(2)3/h6-12,14-15H,5,13H2,1-4H3,(H,23,24,25). The Morgan fingerprint density at radius 1 is 1.19 bits per heavy atom. The topological polar surface area (TPSA) is 51.2 Å². The maximum Gasteiger partial charge on any atom is 0.264 e. The van der Waals surface area contributed by atoms with Gasteiger partial charge in [0.25, 0.3) is 5.91 Å². The Labute approximate surface area is 164 Å². The molecule has 1 N–H and O–H groups in total. The molecule has 0 spiro atoms. The fourth-order valence-corrected chi connectivity index (χ4v) is 3.85. The van der Waals surface area contributed by atoms with E-state index in [2.05, 4.69) is 50.1 Å². The highest BCUT2D eigenvalue weighted by Gasteiger charge is 2.12. The molecule has 1 aromatic heterocycles. The van der Waals surface area contributed by atoms with Gasteiger partial charge in [-0.05, 0) is 47.6 Å². The summed E-state index contributed by atoms with van der Waals surface area (Å²) in [5.41, 5.74) is 3.32. The number of thiazole rings is 1. The summed E-state index contributed by atoms with van der Waals surface area (Å²) < 4.78 is 6.83. The van der Waals surface area contributed by atoms with Gasteiger partial charge in [0.05, 0.1) is 10.2 Å². The molecule has 0 aliphatic rings. The summed E-state index contributed by atoms with van der Waals surface area (Å²) in [5.74, 6) is 1.41. The van der Waals surface area contributed by atoms with Crippen molar-refractivity contribution in [2.45, 2.75) is 46.0 Å². The number of benzene rings is 2. The number of ether oxygens (including phenoxy) is 1. The number of carbonyl (C=O) groups excluding carboxylic acids is 1. The van der Waals surface area contributed by atoms with Crippen LogP contribution in [0.3, 0.4) is 0 Å². The monoisotopic (exact) mass is 382 g/mol. The number of anilines is 1. The molecule has 1 heterocycles. The summed E-state index contributed by atoms with van der Waals surface area (Å²) in [5, 5.41) is 3.46. The first kappa shape index (κ1) is 19.4. The van der Waals surface area contributed by atoms with Gasteiger partial charge in [0.2, 0.25) is 0 Å². The molecule has 0 radical (unpaired) electrons. The second-order valence-electron chi connectivity index (χ2n) is 7.08. The molecule has 0 bridgehead atoms. The molecule has 0 aliphatic heterocycles. The molecule has 0 saturated carbocycles. The van der Waals surface area contributed by atoms with Crippen molar-refractivity contribution in [1.29, 1.82) is 0 Å². The quantitative estimate of drug-likeness (QED) is 0.549. The van der Waals surface area contributed by atoms with Gasteiger partial charge in [-0.15, -0.1) is 0 Å². The lowest BCUT2D eigenvalue weighted by Gasteiger charge is -2.13. The Balaban J connectivity index is 1.66. The van der Waals surface area contributed by atoms with Crippen LogP contribution in [0.2, 0.25) is 0 Å². The van der Waals surface area contributed by atoms with Crippen molar-refractivity contribution in [3.05, 3.63) is 53.6 Å². The van der Waals surface area contributed by atoms with Crippen LogP contribution in [0.4, 0.5) is 5.13 Å². The molecule has 1 atom stereocenters. The predicted molar refractivity (Wildman–Crippen MR) is 113 cm³/mol. The number of hydrogen-bond acceptors (Lipinski definition) is 4. The minimum atomic E-state index is -0.199. The van der Waals surface area contributed by atoms with E-state index in [0.717, 1.165) is 28.0 Å². The minimum absolute atomic E-state index is 0.0300. The number of rotatable bonds is 7. The Hall–Kier alpha value is -2.40. The molecule has 0 aliphatic carbocycles. The first-order valence-corrected chi connectivity index (χ1v) is 10.2. The third-order valence-corrected chi connectivity index (χ3v) is 5.67. The van der Waals surface area contributed by atoms with Crippen LogP contribution < -0.4 is 10.1 Å². The lowest BCUT2D eigenvalue weighted by Crippen LogP contribution is -2.20.